The zero-order valence-electron chi connectivity index (χ0n) is 10.7. The van der Waals surface area contributed by atoms with Gasteiger partial charge >= 0.3 is 5.69 Å². The quantitative estimate of drug-likeness (QED) is 0.754. The van der Waals surface area contributed by atoms with Crippen LogP contribution in [0.3, 0.4) is 0 Å². The molecule has 0 saturated heterocycles. The molecule has 2 heterocycles. The van der Waals surface area contributed by atoms with E-state index in [0.717, 1.165) is 15.7 Å². The predicted molar refractivity (Wildman–Crippen MR) is 81.2 cm³/mol. The number of aryl methyl sites for hydroxylation is 1. The summed E-state index contributed by atoms with van der Waals surface area (Å²) in [6, 6.07) is 9.28. The molecular weight excluding hydrogens is 322 g/mol. The number of hydrogen-bond acceptors (Lipinski definition) is 2. The summed E-state index contributed by atoms with van der Waals surface area (Å²) in [6.45, 7) is 2.08. The molecule has 6 heteroatoms. The number of nitrogens with one attached hydrogen (secondary N) is 2. The number of nitrogens with zero attached hydrogens (tertiary/aromatic N) is 1. The number of H-pyrrole nitrogens is 2. The molecule has 0 atom stereocenters. The number of aromatic nitrogens is 3. The number of rotatable bonds is 2. The standard InChI is InChI=1S/C14H12BrN3O2/c1-8-5-11-12(16-8)13(19)18(14(20)17-11)7-9-3-2-4-10(15)6-9/h2-6,16H,7H2,1H3,(H,17,20). The van der Waals surface area contributed by atoms with Crippen LogP contribution < -0.4 is 11.2 Å². The highest BCUT2D eigenvalue weighted by molar-refractivity contribution is 9.10. The van der Waals surface area contributed by atoms with Crippen LogP contribution in [0.1, 0.15) is 11.3 Å². The average molecular weight is 334 g/mol. The molecule has 0 fully saturated rings. The van der Waals surface area contributed by atoms with Gasteiger partial charge in [0.2, 0.25) is 0 Å². The first kappa shape index (κ1) is 12.9. The zero-order valence-corrected chi connectivity index (χ0v) is 12.3. The Morgan fingerprint density at radius 1 is 1.20 bits per heavy atom. The van der Waals surface area contributed by atoms with E-state index >= 15 is 0 Å². The van der Waals surface area contributed by atoms with Gasteiger partial charge in [-0.05, 0) is 30.7 Å². The van der Waals surface area contributed by atoms with Gasteiger partial charge in [0.25, 0.3) is 5.56 Å². The van der Waals surface area contributed by atoms with Gasteiger partial charge in [0, 0.05) is 10.2 Å². The average Bonchev–Trinajstić information content (AvgIpc) is 2.75. The Kier molecular flexibility index (Phi) is 3.10. The normalized spacial score (nSPS) is 11.1. The van der Waals surface area contributed by atoms with Gasteiger partial charge in [-0.15, -0.1) is 0 Å². The molecule has 0 amide bonds. The first-order valence-corrected chi connectivity index (χ1v) is 6.91. The largest absolute Gasteiger partial charge is 0.353 e. The highest BCUT2D eigenvalue weighted by Gasteiger charge is 2.10. The minimum Gasteiger partial charge on any atom is -0.353 e. The van der Waals surface area contributed by atoms with E-state index in [1.165, 1.54) is 4.57 Å². The van der Waals surface area contributed by atoms with Crippen LogP contribution in [0, 0.1) is 6.92 Å². The lowest BCUT2D eigenvalue weighted by Crippen LogP contribution is -2.35. The monoisotopic (exact) mass is 333 g/mol. The molecule has 20 heavy (non-hydrogen) atoms. The second-order valence-electron chi connectivity index (χ2n) is 4.69. The molecule has 2 aromatic heterocycles. The van der Waals surface area contributed by atoms with Crippen molar-refractivity contribution >= 4 is 27.0 Å². The molecule has 1 aromatic carbocycles. The number of benzene rings is 1. The van der Waals surface area contributed by atoms with Crippen molar-refractivity contribution < 1.29 is 0 Å². The molecule has 0 aliphatic carbocycles. The third kappa shape index (κ3) is 2.22. The Bertz CT molecular complexity index is 905. The minimum atomic E-state index is -0.401. The maximum atomic E-state index is 12.4. The molecule has 102 valence electrons. The smallest absolute Gasteiger partial charge is 0.329 e. The van der Waals surface area contributed by atoms with Gasteiger partial charge < -0.3 is 9.97 Å². The molecule has 3 aromatic rings. The highest BCUT2D eigenvalue weighted by atomic mass is 79.9. The van der Waals surface area contributed by atoms with Gasteiger partial charge in [-0.25, -0.2) is 4.79 Å². The van der Waals surface area contributed by atoms with E-state index in [1.807, 2.05) is 31.2 Å². The minimum absolute atomic E-state index is 0.238. The summed E-state index contributed by atoms with van der Waals surface area (Å²) in [5.74, 6) is 0. The van der Waals surface area contributed by atoms with Gasteiger partial charge in [0.05, 0.1) is 12.1 Å². The molecule has 0 aliphatic rings. The summed E-state index contributed by atoms with van der Waals surface area (Å²) in [5, 5.41) is 0. The fourth-order valence-corrected chi connectivity index (χ4v) is 2.67. The van der Waals surface area contributed by atoms with E-state index in [4.69, 9.17) is 0 Å². The molecule has 0 bridgehead atoms. The third-order valence-corrected chi connectivity index (χ3v) is 3.62. The van der Waals surface area contributed by atoms with E-state index in [2.05, 4.69) is 25.9 Å². The second kappa shape index (κ2) is 4.79. The first-order valence-electron chi connectivity index (χ1n) is 6.11. The Labute approximate surface area is 122 Å². The van der Waals surface area contributed by atoms with Crippen molar-refractivity contribution in [1.29, 1.82) is 0 Å². The van der Waals surface area contributed by atoms with Crippen molar-refractivity contribution in [3.8, 4) is 0 Å². The van der Waals surface area contributed by atoms with E-state index in [-0.39, 0.29) is 12.1 Å². The summed E-state index contributed by atoms with van der Waals surface area (Å²) in [4.78, 5) is 30.1. The summed E-state index contributed by atoms with van der Waals surface area (Å²) >= 11 is 3.38. The van der Waals surface area contributed by atoms with Crippen molar-refractivity contribution in [2.45, 2.75) is 13.5 Å². The van der Waals surface area contributed by atoms with Gasteiger partial charge in [-0.2, -0.15) is 0 Å². The molecule has 3 rings (SSSR count). The van der Waals surface area contributed by atoms with Crippen molar-refractivity contribution in [1.82, 2.24) is 14.5 Å². The van der Waals surface area contributed by atoms with Crippen molar-refractivity contribution in [3.05, 3.63) is 66.9 Å². The highest BCUT2D eigenvalue weighted by Crippen LogP contribution is 2.12. The maximum Gasteiger partial charge on any atom is 0.329 e. The summed E-state index contributed by atoms with van der Waals surface area (Å²) < 4.78 is 2.11. The number of fused-ring (bicyclic) bond motifs is 1. The van der Waals surface area contributed by atoms with Crippen LogP contribution in [-0.4, -0.2) is 14.5 Å². The number of hydrogen-bond donors (Lipinski definition) is 2. The lowest BCUT2D eigenvalue weighted by molar-refractivity contribution is 0.710. The molecule has 0 saturated carbocycles. The van der Waals surface area contributed by atoms with Crippen LogP contribution in [0.25, 0.3) is 11.0 Å². The predicted octanol–water partition coefficient (Wildman–Crippen LogP) is 2.14. The summed E-state index contributed by atoms with van der Waals surface area (Å²) in [5.41, 5.74) is 1.99. The topological polar surface area (TPSA) is 70.7 Å². The fourth-order valence-electron chi connectivity index (χ4n) is 2.23. The fraction of sp³-hybridized carbons (Fsp3) is 0.143. The number of aromatic amines is 2. The van der Waals surface area contributed by atoms with Crippen molar-refractivity contribution in [2.24, 2.45) is 0 Å². The van der Waals surface area contributed by atoms with Gasteiger partial charge in [0.1, 0.15) is 5.52 Å². The Morgan fingerprint density at radius 2 is 2.00 bits per heavy atom. The SMILES string of the molecule is Cc1cc2[nH]c(=O)n(Cc3cccc(Br)c3)c(=O)c2[nH]1. The van der Waals surface area contributed by atoms with Gasteiger partial charge in [-0.1, -0.05) is 28.1 Å². The van der Waals surface area contributed by atoms with Gasteiger partial charge in [0.15, 0.2) is 0 Å². The Balaban J connectivity index is 2.16. The molecule has 0 unspecified atom stereocenters. The summed E-state index contributed by atoms with van der Waals surface area (Å²) in [7, 11) is 0. The summed E-state index contributed by atoms with van der Waals surface area (Å²) in [6.07, 6.45) is 0. The van der Waals surface area contributed by atoms with E-state index in [0.29, 0.717) is 11.0 Å². The molecule has 2 N–H and O–H groups in total. The first-order chi connectivity index (χ1) is 9.54. The van der Waals surface area contributed by atoms with E-state index < -0.39 is 5.69 Å². The lowest BCUT2D eigenvalue weighted by Gasteiger charge is -2.05. The number of halogens is 1. The van der Waals surface area contributed by atoms with Crippen molar-refractivity contribution in [2.75, 3.05) is 0 Å². The molecular formula is C14H12BrN3O2. The Morgan fingerprint density at radius 3 is 2.75 bits per heavy atom. The molecule has 0 aliphatic heterocycles. The maximum absolute atomic E-state index is 12.4. The van der Waals surface area contributed by atoms with Crippen LogP contribution >= 0.6 is 15.9 Å². The van der Waals surface area contributed by atoms with E-state index in [9.17, 15) is 9.59 Å². The molecule has 0 radical (unpaired) electrons. The van der Waals surface area contributed by atoms with Gasteiger partial charge in [-0.3, -0.25) is 9.36 Å². The zero-order chi connectivity index (χ0) is 14.3. The molecule has 5 nitrogen and oxygen atoms in total. The third-order valence-electron chi connectivity index (χ3n) is 3.13. The van der Waals surface area contributed by atoms with Crippen molar-refractivity contribution in [3.63, 3.8) is 0 Å². The Hall–Kier alpha value is -2.08. The lowest BCUT2D eigenvalue weighted by atomic mass is 10.2. The molecule has 0 spiro atoms. The van der Waals surface area contributed by atoms with Crippen LogP contribution in [0.15, 0.2) is 44.4 Å². The van der Waals surface area contributed by atoms with Crippen LogP contribution in [-0.2, 0) is 6.54 Å². The second-order valence-corrected chi connectivity index (χ2v) is 5.61. The van der Waals surface area contributed by atoms with Crippen LogP contribution in [0.5, 0.6) is 0 Å². The van der Waals surface area contributed by atoms with E-state index in [1.54, 1.807) is 6.07 Å². The van der Waals surface area contributed by atoms with Crippen LogP contribution in [0.2, 0.25) is 0 Å². The van der Waals surface area contributed by atoms with Crippen LogP contribution in [0.4, 0.5) is 0 Å².